The zero-order chi connectivity index (χ0) is 11.7. The summed E-state index contributed by atoms with van der Waals surface area (Å²) in [7, 11) is 0. The second-order valence-electron chi connectivity index (χ2n) is 4.75. The van der Waals surface area contributed by atoms with Crippen molar-refractivity contribution >= 4 is 6.29 Å². The van der Waals surface area contributed by atoms with Gasteiger partial charge in [0.05, 0.1) is 0 Å². The second kappa shape index (κ2) is 8.70. The number of carbonyl (C=O) groups is 1. The van der Waals surface area contributed by atoms with Crippen LogP contribution in [0, 0.1) is 11.8 Å². The van der Waals surface area contributed by atoms with Crippen molar-refractivity contribution in [3.8, 4) is 0 Å². The summed E-state index contributed by atoms with van der Waals surface area (Å²) in [5.41, 5.74) is 1.00. The van der Waals surface area contributed by atoms with Gasteiger partial charge < -0.3 is 0 Å². The molecule has 0 saturated heterocycles. The van der Waals surface area contributed by atoms with Crippen LogP contribution in [0.1, 0.15) is 59.8 Å². The molecule has 0 aliphatic rings. The lowest BCUT2D eigenvalue weighted by Gasteiger charge is -2.10. The first kappa shape index (κ1) is 14.4. The van der Waals surface area contributed by atoms with E-state index in [1.54, 1.807) is 0 Å². The summed E-state index contributed by atoms with van der Waals surface area (Å²) < 4.78 is 0. The summed E-state index contributed by atoms with van der Waals surface area (Å²) in [6, 6.07) is 0. The summed E-state index contributed by atoms with van der Waals surface area (Å²) in [4.78, 5) is 10.9. The monoisotopic (exact) mass is 210 g/mol. The van der Waals surface area contributed by atoms with Crippen LogP contribution in [0.4, 0.5) is 0 Å². The van der Waals surface area contributed by atoms with Crippen LogP contribution in [0.15, 0.2) is 11.6 Å². The predicted molar refractivity (Wildman–Crippen MR) is 66.9 cm³/mol. The highest BCUT2D eigenvalue weighted by atomic mass is 16.1. The van der Waals surface area contributed by atoms with Crippen LogP contribution >= 0.6 is 0 Å². The third-order valence-corrected chi connectivity index (χ3v) is 2.80. The maximum absolute atomic E-state index is 10.9. The fourth-order valence-corrected chi connectivity index (χ4v) is 1.72. The largest absolute Gasteiger partial charge is 0.298 e. The third-order valence-electron chi connectivity index (χ3n) is 2.80. The normalized spacial score (nSPS) is 14.3. The molecule has 0 N–H and O–H groups in total. The van der Waals surface area contributed by atoms with Crippen LogP contribution in [-0.2, 0) is 4.79 Å². The van der Waals surface area contributed by atoms with E-state index < -0.39 is 0 Å². The number of aldehydes is 1. The van der Waals surface area contributed by atoms with Gasteiger partial charge in [-0.2, -0.15) is 0 Å². The molecule has 0 fully saturated rings. The Labute approximate surface area is 95.0 Å². The molecule has 0 saturated carbocycles. The summed E-state index contributed by atoms with van der Waals surface area (Å²) in [6.07, 6.45) is 8.85. The number of hydrogen-bond acceptors (Lipinski definition) is 1. The number of allylic oxidation sites excluding steroid dienone is 2. The Hall–Kier alpha value is -0.590. The number of carbonyl (C=O) groups excluding carboxylic acids is 1. The van der Waals surface area contributed by atoms with E-state index in [1.807, 2.05) is 0 Å². The minimum Gasteiger partial charge on any atom is -0.298 e. The van der Waals surface area contributed by atoms with Crippen LogP contribution in [0.25, 0.3) is 0 Å². The van der Waals surface area contributed by atoms with Crippen LogP contribution in [0.3, 0.4) is 0 Å². The van der Waals surface area contributed by atoms with Gasteiger partial charge in [-0.15, -0.1) is 0 Å². The maximum Gasteiger partial charge on any atom is 0.145 e. The highest BCUT2D eigenvalue weighted by Gasteiger charge is 2.05. The van der Waals surface area contributed by atoms with Gasteiger partial charge in [-0.25, -0.2) is 0 Å². The molecule has 15 heavy (non-hydrogen) atoms. The van der Waals surface area contributed by atoms with Crippen LogP contribution < -0.4 is 0 Å². The molecule has 0 aliphatic heterocycles. The zero-order valence-electron chi connectivity index (χ0n) is 10.8. The van der Waals surface area contributed by atoms with Gasteiger partial charge in [0.15, 0.2) is 0 Å². The van der Waals surface area contributed by atoms with Gasteiger partial charge in [-0.05, 0) is 43.1 Å². The molecule has 0 bridgehead atoms. The molecule has 0 rings (SSSR count). The predicted octanol–water partition coefficient (Wildman–Crippen LogP) is 4.37. The molecule has 0 aromatic rings. The van der Waals surface area contributed by atoms with E-state index in [-0.39, 0.29) is 0 Å². The van der Waals surface area contributed by atoms with E-state index in [4.69, 9.17) is 0 Å². The second-order valence-corrected chi connectivity index (χ2v) is 4.75. The van der Waals surface area contributed by atoms with E-state index in [0.717, 1.165) is 31.1 Å². The third kappa shape index (κ3) is 7.35. The van der Waals surface area contributed by atoms with Crippen molar-refractivity contribution in [2.45, 2.75) is 59.8 Å². The fourth-order valence-electron chi connectivity index (χ4n) is 1.72. The summed E-state index contributed by atoms with van der Waals surface area (Å²) in [6.45, 7) is 8.80. The van der Waals surface area contributed by atoms with Gasteiger partial charge in [0.25, 0.3) is 0 Å². The van der Waals surface area contributed by atoms with Crippen molar-refractivity contribution < 1.29 is 4.79 Å². The van der Waals surface area contributed by atoms with Gasteiger partial charge in [-0.3, -0.25) is 4.79 Å². The highest BCUT2D eigenvalue weighted by molar-refractivity contribution is 5.73. The average Bonchev–Trinajstić information content (AvgIpc) is 2.22. The van der Waals surface area contributed by atoms with Crippen LogP contribution in [0.2, 0.25) is 0 Å². The molecule has 0 spiro atoms. The topological polar surface area (TPSA) is 17.1 Å². The van der Waals surface area contributed by atoms with Crippen molar-refractivity contribution in [3.05, 3.63) is 11.6 Å². The van der Waals surface area contributed by atoms with Crippen LogP contribution in [-0.4, -0.2) is 6.29 Å². The molecule has 0 aliphatic carbocycles. The maximum atomic E-state index is 10.9. The molecule has 88 valence electrons. The molecule has 0 amide bonds. The summed E-state index contributed by atoms with van der Waals surface area (Å²) in [5.74, 6) is 1.28. The molecule has 0 heterocycles. The van der Waals surface area contributed by atoms with E-state index in [2.05, 4.69) is 33.8 Å². The van der Waals surface area contributed by atoms with Gasteiger partial charge in [0.2, 0.25) is 0 Å². The van der Waals surface area contributed by atoms with E-state index in [1.165, 1.54) is 12.8 Å². The molecule has 1 heteroatoms. The standard InChI is InChI=1S/C14H26O/c1-5-7-13(6-2)10-14(11-15)9-8-12(3)4/h10-13H,5-9H2,1-4H3/b14-10-. The lowest BCUT2D eigenvalue weighted by atomic mass is 9.95. The minimum absolute atomic E-state index is 0.599. The van der Waals surface area contributed by atoms with Crippen LogP contribution in [0.5, 0.6) is 0 Å². The van der Waals surface area contributed by atoms with Gasteiger partial charge >= 0.3 is 0 Å². The van der Waals surface area contributed by atoms with Crippen molar-refractivity contribution in [1.82, 2.24) is 0 Å². The Balaban J connectivity index is 4.21. The fraction of sp³-hybridized carbons (Fsp3) is 0.786. The Morgan fingerprint density at radius 1 is 1.20 bits per heavy atom. The van der Waals surface area contributed by atoms with Crippen molar-refractivity contribution in [2.75, 3.05) is 0 Å². The first-order chi connectivity index (χ1) is 7.13. The zero-order valence-corrected chi connectivity index (χ0v) is 10.8. The first-order valence-corrected chi connectivity index (χ1v) is 6.29. The molecular formula is C14H26O. The SMILES string of the molecule is CCCC(/C=C(\C=O)CCC(C)C)CC. The smallest absolute Gasteiger partial charge is 0.145 e. The summed E-state index contributed by atoms with van der Waals surface area (Å²) >= 11 is 0. The summed E-state index contributed by atoms with van der Waals surface area (Å²) in [5, 5.41) is 0. The van der Waals surface area contributed by atoms with Gasteiger partial charge in [-0.1, -0.05) is 40.2 Å². The Morgan fingerprint density at radius 2 is 1.87 bits per heavy atom. The Bertz CT molecular complexity index is 192. The first-order valence-electron chi connectivity index (χ1n) is 6.29. The quantitative estimate of drug-likeness (QED) is 0.429. The van der Waals surface area contributed by atoms with Crippen molar-refractivity contribution in [1.29, 1.82) is 0 Å². The van der Waals surface area contributed by atoms with Gasteiger partial charge in [0.1, 0.15) is 6.29 Å². The van der Waals surface area contributed by atoms with Crippen molar-refractivity contribution in [2.24, 2.45) is 11.8 Å². The molecule has 1 atom stereocenters. The molecule has 0 radical (unpaired) electrons. The molecule has 0 aromatic carbocycles. The van der Waals surface area contributed by atoms with Gasteiger partial charge in [0, 0.05) is 0 Å². The van der Waals surface area contributed by atoms with Crippen molar-refractivity contribution in [3.63, 3.8) is 0 Å². The van der Waals surface area contributed by atoms with E-state index in [0.29, 0.717) is 11.8 Å². The number of rotatable bonds is 8. The highest BCUT2D eigenvalue weighted by Crippen LogP contribution is 2.17. The Kier molecular flexibility index (Phi) is 8.35. The average molecular weight is 210 g/mol. The molecule has 1 nitrogen and oxygen atoms in total. The van der Waals surface area contributed by atoms with E-state index >= 15 is 0 Å². The molecule has 1 unspecified atom stereocenters. The molecule has 0 aromatic heterocycles. The molecular weight excluding hydrogens is 184 g/mol. The lowest BCUT2D eigenvalue weighted by molar-refractivity contribution is -0.105. The minimum atomic E-state index is 0.599. The van der Waals surface area contributed by atoms with E-state index in [9.17, 15) is 4.79 Å². The number of hydrogen-bond donors (Lipinski definition) is 0. The lowest BCUT2D eigenvalue weighted by Crippen LogP contribution is -1.98. The Morgan fingerprint density at radius 3 is 2.27 bits per heavy atom.